The van der Waals surface area contributed by atoms with Crippen LogP contribution in [0.5, 0.6) is 0 Å². The first kappa shape index (κ1) is 11.6. The summed E-state index contributed by atoms with van der Waals surface area (Å²) in [5.41, 5.74) is 1.05. The molecule has 3 rings (SSSR count). The van der Waals surface area contributed by atoms with Crippen molar-refractivity contribution in [2.45, 2.75) is 50.8 Å². The molecule has 3 nitrogen and oxygen atoms in total. The molecular formula is C15H19NO2. The number of fused-ring (bicyclic) bond motifs is 1. The number of amides is 1. The van der Waals surface area contributed by atoms with Crippen LogP contribution in [0.4, 0.5) is 4.79 Å². The smallest absolute Gasteiger partial charge is 0.410 e. The van der Waals surface area contributed by atoms with Crippen molar-refractivity contribution < 1.29 is 9.53 Å². The van der Waals surface area contributed by atoms with Crippen molar-refractivity contribution in [1.29, 1.82) is 0 Å². The first-order valence-corrected chi connectivity index (χ1v) is 6.85. The molecular weight excluding hydrogens is 226 g/mol. The normalized spacial score (nSPS) is 26.1. The molecule has 1 saturated carbocycles. The maximum atomic E-state index is 12.0. The van der Waals surface area contributed by atoms with Crippen LogP contribution in [0.1, 0.15) is 37.7 Å². The van der Waals surface area contributed by atoms with Crippen LogP contribution in [-0.4, -0.2) is 23.1 Å². The lowest BCUT2D eigenvalue weighted by atomic mass is 10.2. The summed E-state index contributed by atoms with van der Waals surface area (Å²) in [6.07, 6.45) is 6.01. The van der Waals surface area contributed by atoms with Crippen LogP contribution < -0.4 is 0 Å². The number of hydrogen-bond acceptors (Lipinski definition) is 2. The first-order valence-electron chi connectivity index (χ1n) is 6.85. The van der Waals surface area contributed by atoms with Gasteiger partial charge in [0.05, 0.1) is 12.1 Å². The van der Waals surface area contributed by atoms with E-state index in [2.05, 4.69) is 0 Å². The van der Waals surface area contributed by atoms with E-state index < -0.39 is 0 Å². The molecule has 2 fully saturated rings. The number of benzene rings is 1. The molecule has 18 heavy (non-hydrogen) atoms. The zero-order chi connectivity index (χ0) is 12.4. The van der Waals surface area contributed by atoms with Gasteiger partial charge in [-0.1, -0.05) is 49.6 Å². The predicted molar refractivity (Wildman–Crippen MR) is 69.1 cm³/mol. The summed E-state index contributed by atoms with van der Waals surface area (Å²) in [6, 6.07) is 10.8. The van der Waals surface area contributed by atoms with Crippen LogP contribution in [-0.2, 0) is 11.3 Å². The second kappa shape index (κ2) is 5.01. The largest absolute Gasteiger partial charge is 0.445 e. The van der Waals surface area contributed by atoms with E-state index in [0.717, 1.165) is 18.4 Å². The van der Waals surface area contributed by atoms with Gasteiger partial charge in [-0.3, -0.25) is 4.90 Å². The first-order chi connectivity index (χ1) is 8.86. The van der Waals surface area contributed by atoms with E-state index in [1.165, 1.54) is 19.3 Å². The maximum Gasteiger partial charge on any atom is 0.410 e. The number of carbonyl (C=O) groups is 1. The highest BCUT2D eigenvalue weighted by Gasteiger charge is 2.51. The summed E-state index contributed by atoms with van der Waals surface area (Å²) in [5, 5.41) is 0. The minimum Gasteiger partial charge on any atom is -0.445 e. The van der Waals surface area contributed by atoms with Crippen LogP contribution in [0.25, 0.3) is 0 Å². The van der Waals surface area contributed by atoms with Crippen molar-refractivity contribution in [2.24, 2.45) is 0 Å². The number of ether oxygens (including phenoxy) is 1. The van der Waals surface area contributed by atoms with Crippen molar-refractivity contribution >= 4 is 6.09 Å². The second-order valence-corrected chi connectivity index (χ2v) is 5.22. The lowest BCUT2D eigenvalue weighted by molar-refractivity contribution is 0.119. The summed E-state index contributed by atoms with van der Waals surface area (Å²) >= 11 is 0. The molecule has 2 aliphatic rings. The monoisotopic (exact) mass is 245 g/mol. The highest BCUT2D eigenvalue weighted by atomic mass is 16.6. The molecule has 0 bridgehead atoms. The van der Waals surface area contributed by atoms with Gasteiger partial charge in [0.1, 0.15) is 6.61 Å². The van der Waals surface area contributed by atoms with E-state index in [0.29, 0.717) is 18.7 Å². The van der Waals surface area contributed by atoms with Crippen molar-refractivity contribution in [3.8, 4) is 0 Å². The molecule has 1 amide bonds. The fourth-order valence-corrected chi connectivity index (χ4v) is 2.95. The number of rotatable bonds is 2. The Kier molecular flexibility index (Phi) is 3.22. The van der Waals surface area contributed by atoms with E-state index in [1.807, 2.05) is 35.2 Å². The molecule has 0 aromatic heterocycles. The number of hydrogen-bond donors (Lipinski definition) is 0. The van der Waals surface area contributed by atoms with Crippen LogP contribution in [0.15, 0.2) is 30.3 Å². The molecule has 0 N–H and O–H groups in total. The van der Waals surface area contributed by atoms with Gasteiger partial charge in [0.2, 0.25) is 0 Å². The highest BCUT2D eigenvalue weighted by Crippen LogP contribution is 2.39. The van der Waals surface area contributed by atoms with E-state index >= 15 is 0 Å². The molecule has 1 aliphatic carbocycles. The number of carbonyl (C=O) groups excluding carboxylic acids is 1. The SMILES string of the molecule is O=C(OCc1ccccc1)N1[C@@H]2CCCCC[C@@H]21. The lowest BCUT2D eigenvalue weighted by Gasteiger charge is -2.08. The fraction of sp³-hybridized carbons (Fsp3) is 0.533. The van der Waals surface area contributed by atoms with Gasteiger partial charge >= 0.3 is 6.09 Å². The summed E-state index contributed by atoms with van der Waals surface area (Å²) in [6.45, 7) is 0.385. The van der Waals surface area contributed by atoms with E-state index in [1.54, 1.807) is 0 Å². The topological polar surface area (TPSA) is 29.3 Å². The Morgan fingerprint density at radius 1 is 1.11 bits per heavy atom. The van der Waals surface area contributed by atoms with Gasteiger partial charge in [0.15, 0.2) is 0 Å². The average Bonchev–Trinajstić information content (AvgIpc) is 3.12. The van der Waals surface area contributed by atoms with Crippen molar-refractivity contribution in [1.82, 2.24) is 4.90 Å². The van der Waals surface area contributed by atoms with E-state index in [9.17, 15) is 4.79 Å². The highest BCUT2D eigenvalue weighted by molar-refractivity contribution is 5.72. The lowest BCUT2D eigenvalue weighted by Crippen LogP contribution is -2.17. The Morgan fingerprint density at radius 2 is 1.78 bits per heavy atom. The van der Waals surface area contributed by atoms with Crippen molar-refractivity contribution in [3.05, 3.63) is 35.9 Å². The molecule has 3 heteroatoms. The third-order valence-electron chi connectivity index (χ3n) is 3.98. The Labute approximate surface area is 108 Å². The van der Waals surface area contributed by atoms with Gasteiger partial charge in [0.25, 0.3) is 0 Å². The van der Waals surface area contributed by atoms with Crippen molar-refractivity contribution in [3.63, 3.8) is 0 Å². The summed E-state index contributed by atoms with van der Waals surface area (Å²) in [5.74, 6) is 0. The van der Waals surface area contributed by atoms with Gasteiger partial charge < -0.3 is 4.74 Å². The van der Waals surface area contributed by atoms with Crippen LogP contribution in [0.2, 0.25) is 0 Å². The van der Waals surface area contributed by atoms with Gasteiger partial charge in [-0.25, -0.2) is 4.79 Å². The second-order valence-electron chi connectivity index (χ2n) is 5.22. The van der Waals surface area contributed by atoms with Crippen LogP contribution in [0, 0.1) is 0 Å². The zero-order valence-corrected chi connectivity index (χ0v) is 10.5. The molecule has 96 valence electrons. The summed E-state index contributed by atoms with van der Waals surface area (Å²) in [4.78, 5) is 13.9. The summed E-state index contributed by atoms with van der Waals surface area (Å²) in [7, 11) is 0. The molecule has 1 aromatic rings. The third kappa shape index (κ3) is 2.35. The molecule has 1 saturated heterocycles. The Balaban J connectivity index is 1.51. The van der Waals surface area contributed by atoms with Crippen LogP contribution >= 0.6 is 0 Å². The van der Waals surface area contributed by atoms with E-state index in [4.69, 9.17) is 4.74 Å². The fourth-order valence-electron chi connectivity index (χ4n) is 2.95. The van der Waals surface area contributed by atoms with E-state index in [-0.39, 0.29) is 6.09 Å². The average molecular weight is 245 g/mol. The number of likely N-dealkylation sites (tertiary alicyclic amines) is 1. The molecule has 1 aliphatic heterocycles. The van der Waals surface area contributed by atoms with Gasteiger partial charge in [-0.2, -0.15) is 0 Å². The van der Waals surface area contributed by atoms with Gasteiger partial charge in [-0.15, -0.1) is 0 Å². The Morgan fingerprint density at radius 3 is 2.44 bits per heavy atom. The van der Waals surface area contributed by atoms with Crippen LogP contribution in [0.3, 0.4) is 0 Å². The molecule has 1 heterocycles. The quantitative estimate of drug-likeness (QED) is 0.748. The minimum absolute atomic E-state index is 0.129. The summed E-state index contributed by atoms with van der Waals surface area (Å²) < 4.78 is 5.37. The Hall–Kier alpha value is -1.51. The predicted octanol–water partition coefficient (Wildman–Crippen LogP) is 3.34. The zero-order valence-electron chi connectivity index (χ0n) is 10.5. The number of nitrogens with zero attached hydrogens (tertiary/aromatic N) is 1. The maximum absolute atomic E-state index is 12.0. The molecule has 0 spiro atoms. The Bertz CT molecular complexity index is 406. The molecule has 1 aromatic carbocycles. The van der Waals surface area contributed by atoms with Gasteiger partial charge in [-0.05, 0) is 18.4 Å². The standard InChI is InChI=1S/C15H19NO2/c17-15(18-11-12-7-3-1-4-8-12)16-13-9-5-2-6-10-14(13)16/h1,3-4,7-8,13-14H,2,5-6,9-11H2/t13-,14+,16?. The molecule has 0 unspecified atom stereocenters. The molecule has 2 atom stereocenters. The third-order valence-corrected chi connectivity index (χ3v) is 3.98. The van der Waals surface area contributed by atoms with Gasteiger partial charge in [0, 0.05) is 0 Å². The van der Waals surface area contributed by atoms with Crippen molar-refractivity contribution in [2.75, 3.05) is 0 Å². The molecule has 0 radical (unpaired) electrons. The minimum atomic E-state index is -0.129.